The van der Waals surface area contributed by atoms with Crippen molar-refractivity contribution in [2.75, 3.05) is 26.8 Å². The quantitative estimate of drug-likeness (QED) is 0.745. The maximum absolute atomic E-state index is 13.0. The number of nitrogens with one attached hydrogen (secondary N) is 1. The molecule has 0 spiro atoms. The molecule has 0 aliphatic carbocycles. The predicted molar refractivity (Wildman–Crippen MR) is 60.7 cm³/mol. The molecule has 1 aromatic rings. The van der Waals surface area contributed by atoms with Crippen molar-refractivity contribution in [3.8, 4) is 0 Å². The summed E-state index contributed by atoms with van der Waals surface area (Å²) < 4.78 is 30.9. The van der Waals surface area contributed by atoms with Crippen LogP contribution in [0.5, 0.6) is 0 Å². The van der Waals surface area contributed by atoms with Crippen molar-refractivity contribution in [2.24, 2.45) is 0 Å². The molecule has 2 N–H and O–H groups in total. The number of ether oxygens (including phenoxy) is 1. The van der Waals surface area contributed by atoms with Crippen LogP contribution in [0, 0.1) is 11.6 Å². The normalized spacial score (nSPS) is 14.6. The van der Waals surface area contributed by atoms with Crippen molar-refractivity contribution in [3.63, 3.8) is 0 Å². The van der Waals surface area contributed by atoms with Crippen LogP contribution in [0.1, 0.15) is 12.5 Å². The Bertz CT molecular complexity index is 349. The Morgan fingerprint density at radius 2 is 1.88 bits per heavy atom. The molecule has 1 unspecified atom stereocenters. The monoisotopic (exact) mass is 245 g/mol. The van der Waals surface area contributed by atoms with Gasteiger partial charge in [0.15, 0.2) is 0 Å². The molecule has 0 saturated carbocycles. The van der Waals surface area contributed by atoms with Crippen molar-refractivity contribution >= 4 is 0 Å². The van der Waals surface area contributed by atoms with Crippen LogP contribution < -0.4 is 5.32 Å². The van der Waals surface area contributed by atoms with Crippen LogP contribution in [0.3, 0.4) is 0 Å². The summed E-state index contributed by atoms with van der Waals surface area (Å²) in [6.45, 7) is 2.76. The summed E-state index contributed by atoms with van der Waals surface area (Å²) in [7, 11) is 1.57. The highest BCUT2D eigenvalue weighted by Crippen LogP contribution is 2.21. The van der Waals surface area contributed by atoms with Gasteiger partial charge in [-0.05, 0) is 24.6 Å². The number of hydrogen-bond donors (Lipinski definition) is 2. The van der Waals surface area contributed by atoms with Gasteiger partial charge in [-0.1, -0.05) is 0 Å². The summed E-state index contributed by atoms with van der Waals surface area (Å²) in [6, 6.07) is 3.03. The molecule has 1 atom stereocenters. The summed E-state index contributed by atoms with van der Waals surface area (Å²) in [6.07, 6.45) is 0. The van der Waals surface area contributed by atoms with Gasteiger partial charge in [0.05, 0.1) is 12.2 Å². The van der Waals surface area contributed by atoms with E-state index in [1.54, 1.807) is 7.11 Å². The van der Waals surface area contributed by atoms with Crippen LogP contribution in [-0.4, -0.2) is 31.9 Å². The molecule has 3 nitrogen and oxygen atoms in total. The van der Waals surface area contributed by atoms with E-state index in [1.807, 2.05) is 0 Å². The van der Waals surface area contributed by atoms with Gasteiger partial charge in [0.2, 0.25) is 0 Å². The fraction of sp³-hybridized carbons (Fsp3) is 0.500. The van der Waals surface area contributed by atoms with E-state index in [0.717, 1.165) is 18.2 Å². The number of rotatable bonds is 6. The van der Waals surface area contributed by atoms with Crippen LogP contribution in [0.4, 0.5) is 8.78 Å². The van der Waals surface area contributed by atoms with E-state index in [1.165, 1.54) is 6.92 Å². The molecule has 0 fully saturated rings. The maximum Gasteiger partial charge on any atom is 0.126 e. The van der Waals surface area contributed by atoms with Crippen LogP contribution >= 0.6 is 0 Å². The zero-order chi connectivity index (χ0) is 12.9. The van der Waals surface area contributed by atoms with Gasteiger partial charge >= 0.3 is 0 Å². The van der Waals surface area contributed by atoms with Gasteiger partial charge in [-0.2, -0.15) is 0 Å². The van der Waals surface area contributed by atoms with Gasteiger partial charge in [-0.25, -0.2) is 8.78 Å². The van der Waals surface area contributed by atoms with Gasteiger partial charge in [0.25, 0.3) is 0 Å². The molecule has 0 aliphatic rings. The third kappa shape index (κ3) is 4.38. The first-order chi connectivity index (χ1) is 7.95. The van der Waals surface area contributed by atoms with E-state index < -0.39 is 17.2 Å². The highest BCUT2D eigenvalue weighted by Gasteiger charge is 2.23. The zero-order valence-electron chi connectivity index (χ0n) is 9.96. The molecule has 96 valence electrons. The molecule has 0 amide bonds. The van der Waals surface area contributed by atoms with Crippen LogP contribution in [0.2, 0.25) is 0 Å². The molecule has 0 heterocycles. The highest BCUT2D eigenvalue weighted by atomic mass is 19.1. The van der Waals surface area contributed by atoms with E-state index in [4.69, 9.17) is 4.74 Å². The summed E-state index contributed by atoms with van der Waals surface area (Å²) in [4.78, 5) is 0. The lowest BCUT2D eigenvalue weighted by atomic mass is 9.96. The minimum atomic E-state index is -1.32. The number of halogens is 2. The first-order valence-electron chi connectivity index (χ1n) is 5.34. The third-order valence-electron chi connectivity index (χ3n) is 2.44. The summed E-state index contributed by atoms with van der Waals surface area (Å²) in [5.41, 5.74) is -1.11. The second-order valence-electron chi connectivity index (χ2n) is 4.10. The molecule has 5 heteroatoms. The molecule has 0 aliphatic heterocycles. The predicted octanol–water partition coefficient (Wildman–Crippen LogP) is 1.41. The standard InChI is InChI=1S/C12H17F2NO2/c1-12(16,8-15-3-4-17-2)9-5-10(13)7-11(14)6-9/h5-7,15-16H,3-4,8H2,1-2H3. The average molecular weight is 245 g/mol. The Morgan fingerprint density at radius 1 is 1.29 bits per heavy atom. The van der Waals surface area contributed by atoms with E-state index >= 15 is 0 Å². The second-order valence-corrected chi connectivity index (χ2v) is 4.10. The molecule has 0 aromatic heterocycles. The van der Waals surface area contributed by atoms with E-state index in [0.29, 0.717) is 13.2 Å². The molecule has 0 radical (unpaired) electrons. The lowest BCUT2D eigenvalue weighted by Gasteiger charge is -2.24. The van der Waals surface area contributed by atoms with Gasteiger partial charge in [0, 0.05) is 26.3 Å². The van der Waals surface area contributed by atoms with Crippen molar-refractivity contribution in [1.82, 2.24) is 5.32 Å². The Kier molecular flexibility index (Phi) is 4.99. The first-order valence-corrected chi connectivity index (χ1v) is 5.34. The smallest absolute Gasteiger partial charge is 0.126 e. The highest BCUT2D eigenvalue weighted by molar-refractivity contribution is 5.24. The lowest BCUT2D eigenvalue weighted by Crippen LogP contribution is -2.37. The SMILES string of the molecule is COCCNCC(C)(O)c1cc(F)cc(F)c1. The summed E-state index contributed by atoms with van der Waals surface area (Å²) in [5, 5.41) is 13.0. The minimum absolute atomic E-state index is 0.194. The van der Waals surface area contributed by atoms with Crippen molar-refractivity contribution in [2.45, 2.75) is 12.5 Å². The van der Waals surface area contributed by atoms with Crippen LogP contribution in [-0.2, 0) is 10.3 Å². The van der Waals surface area contributed by atoms with Gasteiger partial charge in [-0.15, -0.1) is 0 Å². The largest absolute Gasteiger partial charge is 0.384 e. The van der Waals surface area contributed by atoms with E-state index in [9.17, 15) is 13.9 Å². The molecule has 0 saturated heterocycles. The maximum atomic E-state index is 13.0. The molecule has 17 heavy (non-hydrogen) atoms. The van der Waals surface area contributed by atoms with Crippen molar-refractivity contribution < 1.29 is 18.6 Å². The number of hydrogen-bond acceptors (Lipinski definition) is 3. The average Bonchev–Trinajstić information content (AvgIpc) is 2.23. The molecule has 1 aromatic carbocycles. The number of benzene rings is 1. The van der Waals surface area contributed by atoms with E-state index in [2.05, 4.69) is 5.32 Å². The Hall–Kier alpha value is -1.04. The van der Waals surface area contributed by atoms with Crippen molar-refractivity contribution in [3.05, 3.63) is 35.4 Å². The van der Waals surface area contributed by atoms with Crippen LogP contribution in [0.25, 0.3) is 0 Å². The summed E-state index contributed by atoms with van der Waals surface area (Å²) in [5.74, 6) is -1.39. The molecule has 1 rings (SSSR count). The Morgan fingerprint density at radius 3 is 2.41 bits per heavy atom. The molecule has 0 bridgehead atoms. The van der Waals surface area contributed by atoms with Crippen LogP contribution in [0.15, 0.2) is 18.2 Å². The van der Waals surface area contributed by atoms with Gasteiger partial charge < -0.3 is 15.2 Å². The first kappa shape index (κ1) is 14.0. The van der Waals surface area contributed by atoms with Crippen molar-refractivity contribution in [1.29, 1.82) is 0 Å². The van der Waals surface area contributed by atoms with Gasteiger partial charge in [0.1, 0.15) is 11.6 Å². The zero-order valence-corrected chi connectivity index (χ0v) is 9.96. The second kappa shape index (κ2) is 6.05. The molecular formula is C12H17F2NO2. The molecular weight excluding hydrogens is 228 g/mol. The minimum Gasteiger partial charge on any atom is -0.384 e. The fourth-order valence-electron chi connectivity index (χ4n) is 1.47. The Balaban J connectivity index is 2.67. The third-order valence-corrected chi connectivity index (χ3v) is 2.44. The van der Waals surface area contributed by atoms with E-state index in [-0.39, 0.29) is 12.1 Å². The Labute approximate surface area is 99.4 Å². The number of methoxy groups -OCH3 is 1. The summed E-state index contributed by atoms with van der Waals surface area (Å²) >= 11 is 0. The lowest BCUT2D eigenvalue weighted by molar-refractivity contribution is 0.0543. The van der Waals surface area contributed by atoms with Gasteiger partial charge in [-0.3, -0.25) is 0 Å². The topological polar surface area (TPSA) is 41.5 Å². The number of aliphatic hydroxyl groups is 1. The fourth-order valence-corrected chi connectivity index (χ4v) is 1.47.